The molecule has 152 valence electrons. The second kappa shape index (κ2) is 10.4. The lowest BCUT2D eigenvalue weighted by Gasteiger charge is -1.96. The fourth-order valence-electron chi connectivity index (χ4n) is 3.25. The lowest BCUT2D eigenvalue weighted by atomic mass is 10.1. The predicted molar refractivity (Wildman–Crippen MR) is 135 cm³/mol. The Labute approximate surface area is 182 Å². The van der Waals surface area contributed by atoms with Crippen molar-refractivity contribution in [2.45, 2.75) is 27.7 Å². The molecule has 0 N–H and O–H groups in total. The van der Waals surface area contributed by atoms with Gasteiger partial charge in [-0.15, -0.1) is 0 Å². The van der Waals surface area contributed by atoms with Crippen molar-refractivity contribution in [1.29, 1.82) is 0 Å². The molecule has 0 heteroatoms. The third kappa shape index (κ3) is 6.32. The van der Waals surface area contributed by atoms with E-state index < -0.39 is 0 Å². The zero-order valence-electron chi connectivity index (χ0n) is 18.4. The van der Waals surface area contributed by atoms with Gasteiger partial charge < -0.3 is 0 Å². The highest BCUT2D eigenvalue weighted by Gasteiger charge is 1.90. The molecule has 0 amide bonds. The van der Waals surface area contributed by atoms with Gasteiger partial charge in [-0.05, 0) is 49.2 Å². The number of hydrogen-bond acceptors (Lipinski definition) is 0. The number of benzene rings is 5. The van der Waals surface area contributed by atoms with Gasteiger partial charge in [0.25, 0.3) is 0 Å². The minimum Gasteiger partial charge on any atom is -0.0616 e. The van der Waals surface area contributed by atoms with Crippen LogP contribution >= 0.6 is 0 Å². The molecule has 5 rings (SSSR count). The standard InChI is InChI=1S/2C11H10.C8H10.H2/c2*1-9-6-7-10-4-2-3-5-11(10)8-9;1-7-3-5-8(2)6-4-7;/h2*2-8H,1H3;3-6H,1-2H3;1H. The molecule has 0 aromatic heterocycles. The Kier molecular flexibility index (Phi) is 7.40. The van der Waals surface area contributed by atoms with Crippen LogP contribution in [0, 0.1) is 27.7 Å². The van der Waals surface area contributed by atoms with Crippen molar-refractivity contribution in [2.75, 3.05) is 0 Å². The zero-order valence-corrected chi connectivity index (χ0v) is 18.4. The second-order valence-corrected chi connectivity index (χ2v) is 7.86. The Hall–Kier alpha value is -3.38. The normalized spacial score (nSPS) is 10.0. The molecule has 0 unspecified atom stereocenters. The molecule has 5 aromatic rings. The highest BCUT2D eigenvalue weighted by atomic mass is 14.0. The number of fused-ring (bicyclic) bond motifs is 2. The van der Waals surface area contributed by atoms with E-state index in [2.05, 4.69) is 137 Å². The summed E-state index contributed by atoms with van der Waals surface area (Å²) in [5.41, 5.74) is 5.30. The van der Waals surface area contributed by atoms with Crippen LogP contribution in [0.5, 0.6) is 0 Å². The number of hydrogen-bond donors (Lipinski definition) is 0. The van der Waals surface area contributed by atoms with E-state index in [1.165, 1.54) is 43.8 Å². The molecule has 0 fully saturated rings. The smallest absolute Gasteiger partial charge is 0 e. The van der Waals surface area contributed by atoms with Gasteiger partial charge in [-0.1, -0.05) is 131 Å². The Bertz CT molecular complexity index is 1120. The first kappa shape index (κ1) is 21.3. The van der Waals surface area contributed by atoms with E-state index in [1.54, 1.807) is 0 Å². The van der Waals surface area contributed by atoms with Gasteiger partial charge >= 0.3 is 0 Å². The van der Waals surface area contributed by atoms with E-state index in [9.17, 15) is 0 Å². The maximum absolute atomic E-state index is 2.20. The summed E-state index contributed by atoms with van der Waals surface area (Å²) in [5.74, 6) is 0. The maximum atomic E-state index is 2.20. The molecule has 0 aliphatic heterocycles. The van der Waals surface area contributed by atoms with Gasteiger partial charge in [0.2, 0.25) is 0 Å². The van der Waals surface area contributed by atoms with Crippen molar-refractivity contribution in [1.82, 2.24) is 0 Å². The number of rotatable bonds is 0. The van der Waals surface area contributed by atoms with Crippen molar-refractivity contribution < 1.29 is 1.43 Å². The molecule has 30 heavy (non-hydrogen) atoms. The van der Waals surface area contributed by atoms with Crippen LogP contribution in [-0.2, 0) is 0 Å². The maximum Gasteiger partial charge on any atom is 0 e. The van der Waals surface area contributed by atoms with Gasteiger partial charge in [0.1, 0.15) is 0 Å². The molecule has 0 nitrogen and oxygen atoms in total. The van der Waals surface area contributed by atoms with E-state index in [1.807, 2.05) is 0 Å². The molecule has 0 atom stereocenters. The van der Waals surface area contributed by atoms with Crippen LogP contribution in [0.2, 0.25) is 0 Å². The predicted octanol–water partition coefficient (Wildman–Crippen LogP) is 8.85. The van der Waals surface area contributed by atoms with Crippen LogP contribution < -0.4 is 0 Å². The van der Waals surface area contributed by atoms with Gasteiger partial charge in [0.05, 0.1) is 0 Å². The van der Waals surface area contributed by atoms with E-state index in [0.717, 1.165) is 0 Å². The van der Waals surface area contributed by atoms with Gasteiger partial charge in [0, 0.05) is 1.43 Å². The van der Waals surface area contributed by atoms with Gasteiger partial charge in [-0.25, -0.2) is 0 Å². The fraction of sp³-hybridized carbons (Fsp3) is 0.133. The Morgan fingerprint density at radius 2 is 0.633 bits per heavy atom. The summed E-state index contributed by atoms with van der Waals surface area (Å²) in [4.78, 5) is 0. The highest BCUT2D eigenvalue weighted by molar-refractivity contribution is 5.83. The van der Waals surface area contributed by atoms with Gasteiger partial charge in [-0.3, -0.25) is 0 Å². The fourth-order valence-corrected chi connectivity index (χ4v) is 3.25. The lowest BCUT2D eigenvalue weighted by Crippen LogP contribution is -1.73. The number of aryl methyl sites for hydroxylation is 4. The van der Waals surface area contributed by atoms with E-state index in [-0.39, 0.29) is 1.43 Å². The summed E-state index contributed by atoms with van der Waals surface area (Å²) in [5, 5.41) is 5.29. The van der Waals surface area contributed by atoms with E-state index >= 15 is 0 Å². The molecule has 0 saturated heterocycles. The molecule has 0 saturated carbocycles. The third-order valence-corrected chi connectivity index (χ3v) is 5.03. The largest absolute Gasteiger partial charge is 0.0616 e. The molecule has 0 spiro atoms. The average Bonchev–Trinajstić information content (AvgIpc) is 2.76. The molecule has 0 radical (unpaired) electrons. The Morgan fingerprint density at radius 3 is 1.00 bits per heavy atom. The first-order chi connectivity index (χ1) is 14.5. The summed E-state index contributed by atoms with van der Waals surface area (Å²) >= 11 is 0. The van der Waals surface area contributed by atoms with Crippen molar-refractivity contribution in [3.05, 3.63) is 131 Å². The molecular weight excluding hydrogens is 360 g/mol. The summed E-state index contributed by atoms with van der Waals surface area (Å²) in [7, 11) is 0. The molecular formula is C30H32. The quantitative estimate of drug-likeness (QED) is 0.247. The average molecular weight is 393 g/mol. The zero-order chi connectivity index (χ0) is 21.3. The van der Waals surface area contributed by atoms with Gasteiger partial charge in [0.15, 0.2) is 0 Å². The summed E-state index contributed by atoms with van der Waals surface area (Å²) < 4.78 is 0. The van der Waals surface area contributed by atoms with E-state index in [4.69, 9.17) is 0 Å². The third-order valence-electron chi connectivity index (χ3n) is 5.03. The summed E-state index contributed by atoms with van der Waals surface area (Å²) in [6.45, 7) is 8.43. The van der Waals surface area contributed by atoms with Crippen LogP contribution in [0.4, 0.5) is 0 Å². The van der Waals surface area contributed by atoms with Crippen molar-refractivity contribution >= 4 is 21.5 Å². The minimum atomic E-state index is 0. The summed E-state index contributed by atoms with van der Waals surface area (Å²) in [6, 6.07) is 38.3. The highest BCUT2D eigenvalue weighted by Crippen LogP contribution is 2.15. The van der Waals surface area contributed by atoms with Crippen LogP contribution in [0.25, 0.3) is 21.5 Å². The van der Waals surface area contributed by atoms with Crippen LogP contribution in [0.15, 0.2) is 109 Å². The SMILES string of the molecule is Cc1ccc(C)cc1.Cc1ccc2ccccc2c1.Cc1ccc2ccccc2c1.[HH]. The Morgan fingerprint density at radius 1 is 0.333 bits per heavy atom. The summed E-state index contributed by atoms with van der Waals surface area (Å²) in [6.07, 6.45) is 0. The van der Waals surface area contributed by atoms with Crippen LogP contribution in [0.1, 0.15) is 23.7 Å². The molecule has 0 aliphatic carbocycles. The van der Waals surface area contributed by atoms with Crippen molar-refractivity contribution in [3.63, 3.8) is 0 Å². The minimum absolute atomic E-state index is 0. The first-order valence-corrected chi connectivity index (χ1v) is 10.5. The second-order valence-electron chi connectivity index (χ2n) is 7.86. The van der Waals surface area contributed by atoms with E-state index in [0.29, 0.717) is 0 Å². The Balaban J connectivity index is 0.000000165. The van der Waals surface area contributed by atoms with Crippen LogP contribution in [-0.4, -0.2) is 0 Å². The van der Waals surface area contributed by atoms with Crippen molar-refractivity contribution in [3.8, 4) is 0 Å². The molecule has 5 aromatic carbocycles. The van der Waals surface area contributed by atoms with Crippen LogP contribution in [0.3, 0.4) is 0 Å². The molecule has 0 aliphatic rings. The topological polar surface area (TPSA) is 0 Å². The van der Waals surface area contributed by atoms with Gasteiger partial charge in [-0.2, -0.15) is 0 Å². The lowest BCUT2D eigenvalue weighted by molar-refractivity contribution is 1.40. The monoisotopic (exact) mass is 392 g/mol. The van der Waals surface area contributed by atoms with Crippen molar-refractivity contribution in [2.24, 2.45) is 0 Å². The molecule has 0 heterocycles. The molecule has 0 bridgehead atoms. The first-order valence-electron chi connectivity index (χ1n) is 10.5.